The molecule has 1 atom stereocenters. The van der Waals surface area contributed by atoms with Gasteiger partial charge < -0.3 is 0 Å². The first-order chi connectivity index (χ1) is 5.70. The first-order valence-electron chi connectivity index (χ1n) is 3.78. The van der Waals surface area contributed by atoms with Crippen LogP contribution in [0.5, 0.6) is 0 Å². The highest BCUT2D eigenvalue weighted by atomic mass is 15.3. The fourth-order valence-electron chi connectivity index (χ4n) is 1.11. The molecule has 0 saturated heterocycles. The van der Waals surface area contributed by atoms with Gasteiger partial charge in [0.05, 0.1) is 12.2 Å². The van der Waals surface area contributed by atoms with Crippen LogP contribution in [-0.4, -0.2) is 9.78 Å². The van der Waals surface area contributed by atoms with Crippen molar-refractivity contribution >= 4 is 0 Å². The maximum atomic E-state index is 5.34. The molecule has 1 heterocycles. The molecule has 3 N–H and O–H groups in total. The summed E-state index contributed by atoms with van der Waals surface area (Å²) in [6, 6.07) is -0.0151. The fraction of sp³-hybridized carbons (Fsp3) is 0.375. The summed E-state index contributed by atoms with van der Waals surface area (Å²) in [5.41, 5.74) is 4.81. The molecule has 4 heteroatoms. The molecule has 1 unspecified atom stereocenters. The molecular formula is C8H14N4. The Balaban J connectivity index is 3.00. The Morgan fingerprint density at radius 1 is 1.83 bits per heavy atom. The van der Waals surface area contributed by atoms with E-state index in [0.29, 0.717) is 0 Å². The highest BCUT2D eigenvalue weighted by molar-refractivity contribution is 5.23. The number of hydrogen-bond acceptors (Lipinski definition) is 3. The predicted molar refractivity (Wildman–Crippen MR) is 48.2 cm³/mol. The van der Waals surface area contributed by atoms with Crippen molar-refractivity contribution in [1.29, 1.82) is 0 Å². The normalized spacial score (nSPS) is 12.9. The molecule has 66 valence electrons. The van der Waals surface area contributed by atoms with Crippen molar-refractivity contribution in [3.63, 3.8) is 0 Å². The second-order valence-electron chi connectivity index (χ2n) is 2.69. The van der Waals surface area contributed by atoms with E-state index in [1.807, 2.05) is 18.7 Å². The van der Waals surface area contributed by atoms with Crippen molar-refractivity contribution < 1.29 is 0 Å². The molecule has 0 fully saturated rings. The van der Waals surface area contributed by atoms with E-state index < -0.39 is 0 Å². The van der Waals surface area contributed by atoms with Gasteiger partial charge in [-0.05, 0) is 6.92 Å². The van der Waals surface area contributed by atoms with E-state index in [0.717, 1.165) is 11.3 Å². The molecule has 0 bridgehead atoms. The van der Waals surface area contributed by atoms with Gasteiger partial charge in [-0.3, -0.25) is 10.5 Å². The molecule has 0 aromatic carbocycles. The van der Waals surface area contributed by atoms with Crippen LogP contribution in [0, 0.1) is 6.92 Å². The summed E-state index contributed by atoms with van der Waals surface area (Å²) in [6.45, 7) is 5.68. The number of nitrogens with zero attached hydrogens (tertiary/aromatic N) is 2. The summed E-state index contributed by atoms with van der Waals surface area (Å²) >= 11 is 0. The van der Waals surface area contributed by atoms with Crippen molar-refractivity contribution in [1.82, 2.24) is 15.2 Å². The molecule has 0 aliphatic carbocycles. The third kappa shape index (κ3) is 1.39. The van der Waals surface area contributed by atoms with Crippen LogP contribution < -0.4 is 11.3 Å². The third-order valence-corrected chi connectivity index (χ3v) is 2.02. The van der Waals surface area contributed by atoms with Crippen LogP contribution in [0.25, 0.3) is 0 Å². The molecule has 1 rings (SSSR count). The maximum absolute atomic E-state index is 5.34. The molecule has 0 amide bonds. The summed E-state index contributed by atoms with van der Waals surface area (Å²) in [6.07, 6.45) is 3.55. The van der Waals surface area contributed by atoms with E-state index in [1.165, 1.54) is 0 Å². The van der Waals surface area contributed by atoms with Gasteiger partial charge in [0, 0.05) is 18.3 Å². The molecule has 12 heavy (non-hydrogen) atoms. The number of nitrogens with two attached hydrogens (primary N) is 1. The number of nitrogens with one attached hydrogen (secondary N) is 1. The van der Waals surface area contributed by atoms with Gasteiger partial charge in [-0.1, -0.05) is 6.08 Å². The highest BCUT2D eigenvalue weighted by Gasteiger charge is 2.10. The van der Waals surface area contributed by atoms with E-state index in [-0.39, 0.29) is 6.04 Å². The van der Waals surface area contributed by atoms with Crippen LogP contribution in [0.3, 0.4) is 0 Å². The lowest BCUT2D eigenvalue weighted by Crippen LogP contribution is -2.26. The topological polar surface area (TPSA) is 55.9 Å². The van der Waals surface area contributed by atoms with Gasteiger partial charge in [0.25, 0.3) is 0 Å². The number of hydrogen-bond donors (Lipinski definition) is 2. The minimum atomic E-state index is -0.0151. The molecule has 0 aliphatic heterocycles. The maximum Gasteiger partial charge on any atom is 0.0671 e. The van der Waals surface area contributed by atoms with E-state index in [4.69, 9.17) is 5.84 Å². The quantitative estimate of drug-likeness (QED) is 0.388. The first-order valence-corrected chi connectivity index (χ1v) is 3.78. The largest absolute Gasteiger partial charge is 0.273 e. The fourth-order valence-corrected chi connectivity index (χ4v) is 1.11. The smallest absolute Gasteiger partial charge is 0.0671 e. The Morgan fingerprint density at radius 2 is 2.50 bits per heavy atom. The highest BCUT2D eigenvalue weighted by Crippen LogP contribution is 2.15. The second kappa shape index (κ2) is 3.51. The van der Waals surface area contributed by atoms with Crippen molar-refractivity contribution in [3.8, 4) is 0 Å². The third-order valence-electron chi connectivity index (χ3n) is 2.02. The molecule has 0 saturated carbocycles. The van der Waals surface area contributed by atoms with Crippen molar-refractivity contribution in [2.45, 2.75) is 13.0 Å². The molecule has 4 nitrogen and oxygen atoms in total. The van der Waals surface area contributed by atoms with Gasteiger partial charge >= 0.3 is 0 Å². The number of aryl methyl sites for hydroxylation is 1. The lowest BCUT2D eigenvalue weighted by molar-refractivity contribution is 0.649. The zero-order chi connectivity index (χ0) is 9.14. The van der Waals surface area contributed by atoms with Crippen molar-refractivity contribution in [3.05, 3.63) is 30.1 Å². The van der Waals surface area contributed by atoms with Crippen LogP contribution >= 0.6 is 0 Å². The summed E-state index contributed by atoms with van der Waals surface area (Å²) in [7, 11) is 1.90. The average Bonchev–Trinajstić information content (AvgIpc) is 2.38. The summed E-state index contributed by atoms with van der Waals surface area (Å²) < 4.78 is 1.81. The minimum Gasteiger partial charge on any atom is -0.273 e. The predicted octanol–water partition coefficient (Wildman–Crippen LogP) is 0.419. The van der Waals surface area contributed by atoms with Crippen LogP contribution in [0.4, 0.5) is 0 Å². The summed E-state index contributed by atoms with van der Waals surface area (Å²) in [5, 5.41) is 4.11. The Hall–Kier alpha value is -1.13. The van der Waals surface area contributed by atoms with Crippen molar-refractivity contribution in [2.75, 3.05) is 0 Å². The first kappa shape index (κ1) is 8.96. The zero-order valence-electron chi connectivity index (χ0n) is 7.41. The van der Waals surface area contributed by atoms with E-state index >= 15 is 0 Å². The van der Waals surface area contributed by atoms with Crippen LogP contribution in [0.2, 0.25) is 0 Å². The van der Waals surface area contributed by atoms with Crippen molar-refractivity contribution in [2.24, 2.45) is 12.9 Å². The Morgan fingerprint density at radius 3 is 2.83 bits per heavy atom. The van der Waals surface area contributed by atoms with Gasteiger partial charge in [0.2, 0.25) is 0 Å². The van der Waals surface area contributed by atoms with E-state index in [2.05, 4.69) is 17.1 Å². The molecule has 0 spiro atoms. The lowest BCUT2D eigenvalue weighted by Gasteiger charge is -2.09. The van der Waals surface area contributed by atoms with E-state index in [1.54, 1.807) is 12.3 Å². The van der Waals surface area contributed by atoms with Crippen LogP contribution in [0.1, 0.15) is 17.3 Å². The monoisotopic (exact) mass is 166 g/mol. The van der Waals surface area contributed by atoms with Crippen LogP contribution in [0.15, 0.2) is 18.9 Å². The van der Waals surface area contributed by atoms with Gasteiger partial charge in [-0.15, -0.1) is 6.58 Å². The summed E-state index contributed by atoms with van der Waals surface area (Å²) in [5.74, 6) is 5.34. The Labute approximate surface area is 72.0 Å². The number of aromatic nitrogens is 2. The molecule has 1 aromatic rings. The molecule has 1 aromatic heterocycles. The SMILES string of the molecule is C=CC(NN)c1cnn(C)c1C. The van der Waals surface area contributed by atoms with Gasteiger partial charge in [-0.2, -0.15) is 5.10 Å². The van der Waals surface area contributed by atoms with E-state index in [9.17, 15) is 0 Å². The van der Waals surface area contributed by atoms with Gasteiger partial charge in [0.15, 0.2) is 0 Å². The van der Waals surface area contributed by atoms with Gasteiger partial charge in [0.1, 0.15) is 0 Å². The minimum absolute atomic E-state index is 0.0151. The van der Waals surface area contributed by atoms with Crippen LogP contribution in [-0.2, 0) is 7.05 Å². The lowest BCUT2D eigenvalue weighted by atomic mass is 10.1. The zero-order valence-corrected chi connectivity index (χ0v) is 7.41. The second-order valence-corrected chi connectivity index (χ2v) is 2.69. The number of rotatable bonds is 3. The Bertz CT molecular complexity index is 277. The molecular weight excluding hydrogens is 152 g/mol. The average molecular weight is 166 g/mol. The molecule has 0 radical (unpaired) electrons. The molecule has 0 aliphatic rings. The van der Waals surface area contributed by atoms with Gasteiger partial charge in [-0.25, -0.2) is 5.43 Å². The standard InChI is InChI=1S/C8H14N4/c1-4-8(11-9)7-5-10-12(3)6(7)2/h4-5,8,11H,1,9H2,2-3H3. The number of hydrazine groups is 1. The summed E-state index contributed by atoms with van der Waals surface area (Å²) in [4.78, 5) is 0. The Kier molecular flexibility index (Phi) is 2.62.